The van der Waals surface area contributed by atoms with Crippen LogP contribution in [0.15, 0.2) is 18.2 Å². The number of carbonyl (C=O) groups excluding carboxylic acids is 1. The van der Waals surface area contributed by atoms with Crippen LogP contribution in [0.1, 0.15) is 37.0 Å². The number of anilines is 2. The van der Waals surface area contributed by atoms with Crippen LogP contribution in [0.5, 0.6) is 0 Å². The Morgan fingerprint density at radius 2 is 2.10 bits per heavy atom. The predicted molar refractivity (Wildman–Crippen MR) is 82.9 cm³/mol. The van der Waals surface area contributed by atoms with E-state index in [-0.39, 0.29) is 5.91 Å². The van der Waals surface area contributed by atoms with Crippen molar-refractivity contribution >= 4 is 17.3 Å². The SMILES string of the molecule is CCCC(C)(O)CNc1cc(N)ccc1C(=O)N(C)C. The summed E-state index contributed by atoms with van der Waals surface area (Å²) in [5.41, 5.74) is 6.75. The first kappa shape index (κ1) is 16.3. The maximum atomic E-state index is 12.1. The second-order valence-electron chi connectivity index (χ2n) is 5.61. The molecule has 0 bridgehead atoms. The van der Waals surface area contributed by atoms with Gasteiger partial charge in [-0.15, -0.1) is 0 Å². The standard InChI is InChI=1S/C15H25N3O2/c1-5-8-15(2,20)10-17-13-9-11(16)6-7-12(13)14(19)18(3)4/h6-7,9,17,20H,5,8,10,16H2,1-4H3. The minimum atomic E-state index is -0.808. The van der Waals surface area contributed by atoms with E-state index in [0.717, 1.165) is 6.42 Å². The van der Waals surface area contributed by atoms with Crippen LogP contribution < -0.4 is 11.1 Å². The number of amides is 1. The summed E-state index contributed by atoms with van der Waals surface area (Å²) in [5, 5.41) is 13.3. The van der Waals surface area contributed by atoms with Gasteiger partial charge in [0.15, 0.2) is 0 Å². The van der Waals surface area contributed by atoms with Gasteiger partial charge in [0.2, 0.25) is 0 Å². The van der Waals surface area contributed by atoms with Crippen molar-refractivity contribution in [1.29, 1.82) is 0 Å². The first-order chi connectivity index (χ1) is 9.26. The average molecular weight is 279 g/mol. The molecule has 1 atom stereocenters. The molecule has 0 heterocycles. The van der Waals surface area contributed by atoms with Gasteiger partial charge in [0.25, 0.3) is 5.91 Å². The van der Waals surface area contributed by atoms with Crippen LogP contribution >= 0.6 is 0 Å². The molecule has 1 unspecified atom stereocenters. The van der Waals surface area contributed by atoms with Gasteiger partial charge >= 0.3 is 0 Å². The lowest BCUT2D eigenvalue weighted by Crippen LogP contribution is -2.34. The summed E-state index contributed by atoms with van der Waals surface area (Å²) in [6.07, 6.45) is 1.59. The van der Waals surface area contributed by atoms with Crippen LogP contribution in [0, 0.1) is 0 Å². The van der Waals surface area contributed by atoms with Gasteiger partial charge in [-0.05, 0) is 31.5 Å². The second kappa shape index (κ2) is 6.61. The van der Waals surface area contributed by atoms with E-state index < -0.39 is 5.60 Å². The Morgan fingerprint density at radius 1 is 1.45 bits per heavy atom. The topological polar surface area (TPSA) is 78.6 Å². The monoisotopic (exact) mass is 279 g/mol. The molecule has 1 rings (SSSR count). The maximum absolute atomic E-state index is 12.1. The molecule has 0 aliphatic rings. The smallest absolute Gasteiger partial charge is 0.255 e. The molecule has 0 radical (unpaired) electrons. The number of nitrogens with zero attached hydrogens (tertiary/aromatic N) is 1. The molecular formula is C15H25N3O2. The fourth-order valence-electron chi connectivity index (χ4n) is 2.05. The van der Waals surface area contributed by atoms with E-state index in [9.17, 15) is 9.90 Å². The highest BCUT2D eigenvalue weighted by Gasteiger charge is 2.20. The van der Waals surface area contributed by atoms with E-state index in [4.69, 9.17) is 5.73 Å². The number of hydrogen-bond donors (Lipinski definition) is 3. The zero-order valence-corrected chi connectivity index (χ0v) is 12.7. The number of nitrogens with one attached hydrogen (secondary N) is 1. The van der Waals surface area contributed by atoms with E-state index in [1.807, 2.05) is 6.92 Å². The highest BCUT2D eigenvalue weighted by Crippen LogP contribution is 2.22. The Kier molecular flexibility index (Phi) is 5.39. The molecule has 0 saturated carbocycles. The number of rotatable bonds is 6. The quantitative estimate of drug-likeness (QED) is 0.695. The molecule has 0 spiro atoms. The Labute approximate surface area is 120 Å². The van der Waals surface area contributed by atoms with E-state index in [0.29, 0.717) is 29.9 Å². The second-order valence-corrected chi connectivity index (χ2v) is 5.61. The number of hydrogen-bond acceptors (Lipinski definition) is 4. The Bertz CT molecular complexity index is 470. The largest absolute Gasteiger partial charge is 0.399 e. The molecule has 1 amide bonds. The van der Waals surface area contributed by atoms with Gasteiger partial charge in [-0.2, -0.15) is 0 Å². The molecule has 1 aromatic carbocycles. The molecule has 0 aliphatic carbocycles. The lowest BCUT2D eigenvalue weighted by molar-refractivity contribution is 0.0635. The fraction of sp³-hybridized carbons (Fsp3) is 0.533. The Balaban J connectivity index is 2.93. The number of nitrogens with two attached hydrogens (primary N) is 1. The molecule has 4 N–H and O–H groups in total. The average Bonchev–Trinajstić information content (AvgIpc) is 2.35. The molecule has 112 valence electrons. The van der Waals surface area contributed by atoms with Gasteiger partial charge in [-0.25, -0.2) is 0 Å². The third-order valence-corrected chi connectivity index (χ3v) is 3.13. The summed E-state index contributed by atoms with van der Waals surface area (Å²) in [6.45, 7) is 4.18. The zero-order chi connectivity index (χ0) is 15.3. The van der Waals surface area contributed by atoms with Gasteiger partial charge in [-0.3, -0.25) is 4.79 Å². The van der Waals surface area contributed by atoms with Gasteiger partial charge in [0, 0.05) is 32.0 Å². The van der Waals surface area contributed by atoms with E-state index in [2.05, 4.69) is 5.32 Å². The summed E-state index contributed by atoms with van der Waals surface area (Å²) in [4.78, 5) is 13.6. The number of aliphatic hydroxyl groups is 1. The van der Waals surface area contributed by atoms with Crippen LogP contribution in [0.3, 0.4) is 0 Å². The van der Waals surface area contributed by atoms with Crippen molar-refractivity contribution in [2.75, 3.05) is 31.7 Å². The first-order valence-electron chi connectivity index (χ1n) is 6.84. The Morgan fingerprint density at radius 3 is 2.65 bits per heavy atom. The summed E-state index contributed by atoms with van der Waals surface area (Å²) >= 11 is 0. The van der Waals surface area contributed by atoms with Gasteiger partial charge in [0.05, 0.1) is 11.2 Å². The minimum absolute atomic E-state index is 0.0948. The highest BCUT2D eigenvalue weighted by molar-refractivity contribution is 6.00. The van der Waals surface area contributed by atoms with Crippen molar-refractivity contribution in [2.24, 2.45) is 0 Å². The normalized spacial score (nSPS) is 13.7. The first-order valence-corrected chi connectivity index (χ1v) is 6.84. The van der Waals surface area contributed by atoms with E-state index >= 15 is 0 Å². The molecule has 0 fully saturated rings. The Hall–Kier alpha value is -1.75. The highest BCUT2D eigenvalue weighted by atomic mass is 16.3. The molecule has 0 aromatic heterocycles. The number of benzene rings is 1. The maximum Gasteiger partial charge on any atom is 0.255 e. The molecule has 1 aromatic rings. The lowest BCUT2D eigenvalue weighted by atomic mass is 10.0. The van der Waals surface area contributed by atoms with Crippen LogP contribution in [-0.2, 0) is 0 Å². The van der Waals surface area contributed by atoms with Crippen LogP contribution in [0.4, 0.5) is 11.4 Å². The van der Waals surface area contributed by atoms with Gasteiger partial charge < -0.3 is 21.1 Å². The van der Waals surface area contributed by atoms with Crippen molar-refractivity contribution in [3.8, 4) is 0 Å². The summed E-state index contributed by atoms with van der Waals surface area (Å²) in [5.74, 6) is -0.0948. The van der Waals surface area contributed by atoms with E-state index in [1.54, 1.807) is 39.2 Å². The number of nitrogen functional groups attached to an aromatic ring is 1. The minimum Gasteiger partial charge on any atom is -0.399 e. The number of carbonyl (C=O) groups is 1. The molecular weight excluding hydrogens is 254 g/mol. The van der Waals surface area contributed by atoms with Gasteiger partial charge in [0.1, 0.15) is 0 Å². The van der Waals surface area contributed by atoms with Crippen molar-refractivity contribution < 1.29 is 9.90 Å². The molecule has 5 heteroatoms. The fourth-order valence-corrected chi connectivity index (χ4v) is 2.05. The van der Waals surface area contributed by atoms with Crippen LogP contribution in [0.25, 0.3) is 0 Å². The molecule has 0 aliphatic heterocycles. The van der Waals surface area contributed by atoms with Crippen molar-refractivity contribution in [2.45, 2.75) is 32.3 Å². The lowest BCUT2D eigenvalue weighted by Gasteiger charge is -2.25. The predicted octanol–water partition coefficient (Wildman–Crippen LogP) is 1.93. The van der Waals surface area contributed by atoms with Gasteiger partial charge in [-0.1, -0.05) is 13.3 Å². The molecule has 0 saturated heterocycles. The van der Waals surface area contributed by atoms with Crippen molar-refractivity contribution in [3.05, 3.63) is 23.8 Å². The van der Waals surface area contributed by atoms with Crippen LogP contribution in [0.2, 0.25) is 0 Å². The van der Waals surface area contributed by atoms with Crippen molar-refractivity contribution in [1.82, 2.24) is 4.90 Å². The molecule has 5 nitrogen and oxygen atoms in total. The summed E-state index contributed by atoms with van der Waals surface area (Å²) in [6, 6.07) is 5.12. The zero-order valence-electron chi connectivity index (χ0n) is 12.7. The molecule has 20 heavy (non-hydrogen) atoms. The van der Waals surface area contributed by atoms with E-state index in [1.165, 1.54) is 4.90 Å². The van der Waals surface area contributed by atoms with Crippen molar-refractivity contribution in [3.63, 3.8) is 0 Å². The third kappa shape index (κ3) is 4.42. The summed E-state index contributed by atoms with van der Waals surface area (Å²) in [7, 11) is 3.41. The third-order valence-electron chi connectivity index (χ3n) is 3.13. The summed E-state index contributed by atoms with van der Waals surface area (Å²) < 4.78 is 0. The van der Waals surface area contributed by atoms with Crippen LogP contribution in [-0.4, -0.2) is 42.2 Å².